The highest BCUT2D eigenvalue weighted by molar-refractivity contribution is 6.09. The fourth-order valence-corrected chi connectivity index (χ4v) is 3.22. The first-order chi connectivity index (χ1) is 13.3. The summed E-state index contributed by atoms with van der Waals surface area (Å²) in [6.07, 6.45) is -0.849. The van der Waals surface area contributed by atoms with Crippen molar-refractivity contribution < 1.29 is 22.4 Å². The predicted molar refractivity (Wildman–Crippen MR) is 90.5 cm³/mol. The molecule has 4 heterocycles. The highest BCUT2D eigenvalue weighted by Crippen LogP contribution is 2.42. The fourth-order valence-electron chi connectivity index (χ4n) is 3.22. The molecule has 3 aromatic rings. The number of Topliss-reactive ketones (excluding diaryl/α,β-unsaturated/α-hetero) is 1. The number of furan rings is 1. The number of aryl methyl sites for hydroxylation is 2. The van der Waals surface area contributed by atoms with Gasteiger partial charge in [-0.1, -0.05) is 0 Å². The number of carbonyl (C=O) groups is 1. The van der Waals surface area contributed by atoms with E-state index in [9.17, 15) is 18.0 Å². The van der Waals surface area contributed by atoms with Gasteiger partial charge >= 0.3 is 6.18 Å². The van der Waals surface area contributed by atoms with E-state index < -0.39 is 29.3 Å². The smallest absolute Gasteiger partial charge is 0.431 e. The Morgan fingerprint density at radius 1 is 1.39 bits per heavy atom. The monoisotopic (exact) mass is 392 g/mol. The summed E-state index contributed by atoms with van der Waals surface area (Å²) in [5.74, 6) is -1.20. The molecule has 1 aliphatic heterocycles. The van der Waals surface area contributed by atoms with Gasteiger partial charge in [0.25, 0.3) is 0 Å². The van der Waals surface area contributed by atoms with E-state index >= 15 is 0 Å². The molecule has 0 fully saturated rings. The van der Waals surface area contributed by atoms with Crippen LogP contribution in [0.3, 0.4) is 0 Å². The molecule has 8 nitrogen and oxygen atoms in total. The number of nitrogens with zero attached hydrogens (tertiary/aromatic N) is 5. The van der Waals surface area contributed by atoms with E-state index in [2.05, 4.69) is 20.5 Å². The zero-order valence-electron chi connectivity index (χ0n) is 14.9. The summed E-state index contributed by atoms with van der Waals surface area (Å²) >= 11 is 0. The van der Waals surface area contributed by atoms with Crippen molar-refractivity contribution in [2.75, 3.05) is 5.32 Å². The van der Waals surface area contributed by atoms with Gasteiger partial charge in [-0.2, -0.15) is 28.4 Å². The molecule has 1 N–H and O–H groups in total. The van der Waals surface area contributed by atoms with Crippen LogP contribution in [0.5, 0.6) is 0 Å². The second kappa shape index (κ2) is 6.36. The Balaban J connectivity index is 1.99. The normalized spacial score (nSPS) is 16.8. The molecule has 0 aliphatic carbocycles. The highest BCUT2D eigenvalue weighted by atomic mass is 19.4. The van der Waals surface area contributed by atoms with Crippen LogP contribution in [0.25, 0.3) is 0 Å². The Morgan fingerprint density at radius 3 is 2.79 bits per heavy atom. The molecule has 4 rings (SSSR count). The topological polar surface area (TPSA) is 90.8 Å². The molecular formula is C17H15F3N6O2. The van der Waals surface area contributed by atoms with Gasteiger partial charge in [-0.3, -0.25) is 9.48 Å². The molecule has 0 aromatic carbocycles. The summed E-state index contributed by atoms with van der Waals surface area (Å²) in [6, 6.07) is 1.60. The molecule has 0 spiro atoms. The Kier molecular flexibility index (Phi) is 4.09. The molecule has 11 heteroatoms. The zero-order valence-corrected chi connectivity index (χ0v) is 14.9. The third kappa shape index (κ3) is 2.79. The molecule has 28 heavy (non-hydrogen) atoms. The van der Waals surface area contributed by atoms with Crippen molar-refractivity contribution >= 4 is 11.7 Å². The van der Waals surface area contributed by atoms with Crippen molar-refractivity contribution in [1.29, 1.82) is 0 Å². The molecule has 3 aromatic heterocycles. The van der Waals surface area contributed by atoms with Crippen LogP contribution in [0.2, 0.25) is 0 Å². The van der Waals surface area contributed by atoms with E-state index in [1.807, 2.05) is 6.92 Å². The van der Waals surface area contributed by atoms with E-state index in [0.717, 1.165) is 6.33 Å². The molecule has 0 radical (unpaired) electrons. The van der Waals surface area contributed by atoms with Crippen LogP contribution < -0.4 is 5.32 Å². The first-order valence-electron chi connectivity index (χ1n) is 8.41. The number of fused-ring (bicyclic) bond motifs is 1. The van der Waals surface area contributed by atoms with Crippen molar-refractivity contribution in [1.82, 2.24) is 24.5 Å². The number of hydrogen-bond acceptors (Lipinski definition) is 6. The molecule has 0 saturated carbocycles. The molecule has 146 valence electrons. The van der Waals surface area contributed by atoms with Gasteiger partial charge in [0.05, 0.1) is 17.5 Å². The summed E-state index contributed by atoms with van der Waals surface area (Å²) in [5.41, 5.74) is -0.810. The maximum atomic E-state index is 13.9. The second-order valence-electron chi connectivity index (χ2n) is 6.17. The zero-order chi connectivity index (χ0) is 20.1. The van der Waals surface area contributed by atoms with Crippen molar-refractivity contribution in [3.63, 3.8) is 0 Å². The van der Waals surface area contributed by atoms with Crippen LogP contribution in [-0.2, 0) is 6.54 Å². The molecular weight excluding hydrogens is 377 g/mol. The highest BCUT2D eigenvalue weighted by Gasteiger charge is 2.47. The summed E-state index contributed by atoms with van der Waals surface area (Å²) < 4.78 is 49.5. The van der Waals surface area contributed by atoms with Crippen LogP contribution in [0.1, 0.15) is 34.8 Å². The number of carbonyl (C=O) groups excluding carboxylic acids is 1. The maximum Gasteiger partial charge on any atom is 0.431 e. The van der Waals surface area contributed by atoms with Crippen molar-refractivity contribution in [2.45, 2.75) is 32.6 Å². The Bertz CT molecular complexity index is 1060. The first kappa shape index (κ1) is 18.0. The third-order valence-corrected chi connectivity index (χ3v) is 4.47. The lowest BCUT2D eigenvalue weighted by Crippen LogP contribution is -2.35. The molecule has 1 atom stereocenters. The van der Waals surface area contributed by atoms with Gasteiger partial charge in [-0.15, -0.1) is 0 Å². The number of hydrogen-bond donors (Lipinski definition) is 1. The number of anilines is 1. The fraction of sp³-hybridized carbons (Fsp3) is 0.294. The van der Waals surface area contributed by atoms with Gasteiger partial charge < -0.3 is 9.73 Å². The lowest BCUT2D eigenvalue weighted by molar-refractivity contribution is -0.0918. The largest absolute Gasteiger partial charge is 0.461 e. The average Bonchev–Trinajstić information content (AvgIpc) is 3.39. The Morgan fingerprint density at radius 2 is 2.18 bits per heavy atom. The standard InChI is InChI=1S/C17H15F3N6O2/c1-3-25-7-10(9(2)24-25)13-12(14(27)11-5-4-6-28-11)15(17(18,19)20)23-16-21-8-22-26(13)16/h4-8,13H,3H2,1-2H3,(H,21,22,23)/t13-/m1/s1. The van der Waals surface area contributed by atoms with E-state index in [0.29, 0.717) is 17.8 Å². The van der Waals surface area contributed by atoms with Crippen molar-refractivity contribution in [3.8, 4) is 0 Å². The molecule has 0 saturated heterocycles. The van der Waals surface area contributed by atoms with Crippen LogP contribution in [-0.4, -0.2) is 36.5 Å². The number of alkyl halides is 3. The SMILES string of the molecule is CCn1cc([C@@H]2C(C(=O)c3ccco3)=C(C(F)(F)F)Nc3ncnn32)c(C)n1. The van der Waals surface area contributed by atoms with Crippen LogP contribution in [0, 0.1) is 6.92 Å². The first-order valence-corrected chi connectivity index (χ1v) is 8.41. The molecule has 0 amide bonds. The van der Waals surface area contributed by atoms with Gasteiger partial charge in [0.1, 0.15) is 18.1 Å². The lowest BCUT2D eigenvalue weighted by atomic mass is 9.91. The minimum absolute atomic E-state index is 0.114. The van der Waals surface area contributed by atoms with E-state index in [-0.39, 0.29) is 11.7 Å². The van der Waals surface area contributed by atoms with Gasteiger partial charge in [0.15, 0.2) is 5.76 Å². The van der Waals surface area contributed by atoms with Gasteiger partial charge in [0.2, 0.25) is 11.7 Å². The minimum Gasteiger partial charge on any atom is -0.461 e. The minimum atomic E-state index is -4.82. The molecule has 0 bridgehead atoms. The van der Waals surface area contributed by atoms with Crippen LogP contribution >= 0.6 is 0 Å². The molecule has 1 aliphatic rings. The number of rotatable bonds is 4. The number of aromatic nitrogens is 5. The number of allylic oxidation sites excluding steroid dienone is 2. The summed E-state index contributed by atoms with van der Waals surface area (Å²) in [4.78, 5) is 16.9. The van der Waals surface area contributed by atoms with Gasteiger partial charge in [-0.25, -0.2) is 4.68 Å². The van der Waals surface area contributed by atoms with Crippen LogP contribution in [0.4, 0.5) is 19.1 Å². The van der Waals surface area contributed by atoms with E-state index in [1.54, 1.807) is 17.8 Å². The third-order valence-electron chi connectivity index (χ3n) is 4.47. The Hall–Kier alpha value is -3.37. The van der Waals surface area contributed by atoms with E-state index in [1.165, 1.54) is 23.1 Å². The second-order valence-corrected chi connectivity index (χ2v) is 6.17. The number of halogens is 3. The van der Waals surface area contributed by atoms with E-state index in [4.69, 9.17) is 4.42 Å². The summed E-state index contributed by atoms with van der Waals surface area (Å²) in [5, 5.41) is 10.5. The van der Waals surface area contributed by atoms with Crippen molar-refractivity contribution in [2.24, 2.45) is 0 Å². The van der Waals surface area contributed by atoms with Crippen LogP contribution in [0.15, 0.2) is 46.6 Å². The number of ketones is 1. The van der Waals surface area contributed by atoms with Gasteiger partial charge in [0, 0.05) is 18.3 Å². The number of nitrogens with one attached hydrogen (secondary N) is 1. The summed E-state index contributed by atoms with van der Waals surface area (Å²) in [6.45, 7) is 4.04. The van der Waals surface area contributed by atoms with Crippen molar-refractivity contribution in [3.05, 3.63) is 59.2 Å². The molecule has 0 unspecified atom stereocenters. The predicted octanol–water partition coefficient (Wildman–Crippen LogP) is 3.11. The summed E-state index contributed by atoms with van der Waals surface area (Å²) in [7, 11) is 0. The van der Waals surface area contributed by atoms with Gasteiger partial charge in [-0.05, 0) is 26.0 Å². The quantitative estimate of drug-likeness (QED) is 0.686. The average molecular weight is 392 g/mol. The Labute approximate surface area is 156 Å². The lowest BCUT2D eigenvalue weighted by Gasteiger charge is -2.29. The maximum absolute atomic E-state index is 13.9.